The van der Waals surface area contributed by atoms with Crippen molar-refractivity contribution in [3.05, 3.63) is 53.6 Å². The predicted octanol–water partition coefficient (Wildman–Crippen LogP) is 5.39. The monoisotopic (exact) mass is 290 g/mol. The molecule has 1 nitrogen and oxygen atoms in total. The number of hydrogen-bond donors (Lipinski definition) is 0. The van der Waals surface area contributed by atoms with Crippen LogP contribution in [0.4, 0.5) is 0 Å². The van der Waals surface area contributed by atoms with E-state index in [4.69, 9.17) is 0 Å². The molecule has 2 aromatic carbocycles. The molecule has 0 saturated heterocycles. The van der Waals surface area contributed by atoms with E-state index in [0.29, 0.717) is 17.6 Å². The predicted molar refractivity (Wildman–Crippen MR) is 91.6 cm³/mol. The number of benzene rings is 2. The molecule has 112 valence electrons. The molecule has 1 atom stereocenters. The molecule has 1 heteroatoms. The van der Waals surface area contributed by atoms with Crippen LogP contribution in [0.25, 0.3) is 16.8 Å². The van der Waals surface area contributed by atoms with Gasteiger partial charge in [-0.1, -0.05) is 49.2 Å². The zero-order valence-electron chi connectivity index (χ0n) is 12.9. The molecule has 22 heavy (non-hydrogen) atoms. The molecule has 2 aliphatic rings. The number of allylic oxidation sites excluding steroid dienone is 1. The molecule has 2 fully saturated rings. The van der Waals surface area contributed by atoms with Gasteiger partial charge in [0.15, 0.2) is 5.78 Å². The molecule has 1 unspecified atom stereocenters. The lowest BCUT2D eigenvalue weighted by molar-refractivity contribution is -0.119. The van der Waals surface area contributed by atoms with E-state index in [2.05, 4.69) is 48.5 Å². The van der Waals surface area contributed by atoms with Crippen molar-refractivity contribution in [3.8, 4) is 0 Å². The van der Waals surface area contributed by atoms with Gasteiger partial charge in [-0.25, -0.2) is 0 Å². The van der Waals surface area contributed by atoms with Gasteiger partial charge >= 0.3 is 0 Å². The molecule has 2 aromatic rings. The number of rotatable bonds is 2. The number of fused-ring (bicyclic) bond motifs is 1. The normalized spacial score (nSPS) is 24.6. The van der Waals surface area contributed by atoms with Crippen LogP contribution in [0.1, 0.15) is 44.1 Å². The summed E-state index contributed by atoms with van der Waals surface area (Å²) in [7, 11) is 0. The minimum Gasteiger partial charge on any atom is -0.294 e. The maximum absolute atomic E-state index is 12.7. The van der Waals surface area contributed by atoms with E-state index in [1.165, 1.54) is 36.5 Å². The quantitative estimate of drug-likeness (QED) is 0.677. The fourth-order valence-corrected chi connectivity index (χ4v) is 4.26. The van der Waals surface area contributed by atoms with Crippen LogP contribution in [0, 0.1) is 11.8 Å². The van der Waals surface area contributed by atoms with Crippen LogP contribution in [-0.4, -0.2) is 5.78 Å². The summed E-state index contributed by atoms with van der Waals surface area (Å²) in [6.45, 7) is 0. The van der Waals surface area contributed by atoms with Crippen molar-refractivity contribution in [2.45, 2.75) is 38.5 Å². The van der Waals surface area contributed by atoms with E-state index in [9.17, 15) is 4.79 Å². The summed E-state index contributed by atoms with van der Waals surface area (Å²) in [5, 5.41) is 2.50. The third-order valence-electron chi connectivity index (χ3n) is 5.46. The van der Waals surface area contributed by atoms with Crippen LogP contribution in [-0.2, 0) is 4.79 Å². The van der Waals surface area contributed by atoms with Gasteiger partial charge in [0.2, 0.25) is 0 Å². The van der Waals surface area contributed by atoms with Crippen LogP contribution in [0.3, 0.4) is 0 Å². The summed E-state index contributed by atoms with van der Waals surface area (Å²) in [5.41, 5.74) is 2.21. The number of hydrogen-bond acceptors (Lipinski definition) is 1. The molecule has 0 amide bonds. The molecule has 0 bridgehead atoms. The Bertz CT molecular complexity index is 734. The van der Waals surface area contributed by atoms with E-state index >= 15 is 0 Å². The maximum atomic E-state index is 12.7. The van der Waals surface area contributed by atoms with Crippen molar-refractivity contribution in [1.82, 2.24) is 0 Å². The minimum absolute atomic E-state index is 0.314. The average Bonchev–Trinajstić information content (AvgIpc) is 3.18. The molecule has 0 N–H and O–H groups in total. The van der Waals surface area contributed by atoms with Gasteiger partial charge in [0.05, 0.1) is 0 Å². The molecule has 0 heterocycles. The largest absolute Gasteiger partial charge is 0.294 e. The molecule has 2 saturated carbocycles. The molecule has 0 radical (unpaired) electrons. The highest BCUT2D eigenvalue weighted by molar-refractivity contribution is 6.03. The lowest BCUT2D eigenvalue weighted by atomic mass is 9.88. The SMILES string of the molecule is O=C1C(=Cc2ccc3ccccc3c2)CCC1C1CCCC1. The average molecular weight is 290 g/mol. The van der Waals surface area contributed by atoms with Gasteiger partial charge < -0.3 is 0 Å². The zero-order valence-corrected chi connectivity index (χ0v) is 12.9. The zero-order chi connectivity index (χ0) is 14.9. The molecular weight excluding hydrogens is 268 g/mol. The molecular formula is C21H22O. The Balaban J connectivity index is 1.60. The van der Waals surface area contributed by atoms with Gasteiger partial charge in [-0.15, -0.1) is 0 Å². The Kier molecular flexibility index (Phi) is 3.57. The molecule has 0 aliphatic heterocycles. The van der Waals surface area contributed by atoms with Crippen molar-refractivity contribution in [3.63, 3.8) is 0 Å². The first-order valence-electron chi connectivity index (χ1n) is 8.55. The van der Waals surface area contributed by atoms with Crippen molar-refractivity contribution in [1.29, 1.82) is 0 Å². The van der Waals surface area contributed by atoms with Crippen LogP contribution >= 0.6 is 0 Å². The lowest BCUT2D eigenvalue weighted by Crippen LogP contribution is -2.16. The summed E-state index contributed by atoms with van der Waals surface area (Å²) < 4.78 is 0. The highest BCUT2D eigenvalue weighted by Crippen LogP contribution is 2.40. The summed E-state index contributed by atoms with van der Waals surface area (Å²) in [5.74, 6) is 1.41. The third kappa shape index (κ3) is 2.49. The molecule has 4 rings (SSSR count). The van der Waals surface area contributed by atoms with Gasteiger partial charge in [0, 0.05) is 5.92 Å². The Morgan fingerprint density at radius 1 is 0.909 bits per heavy atom. The summed E-state index contributed by atoms with van der Waals surface area (Å²) in [4.78, 5) is 12.7. The lowest BCUT2D eigenvalue weighted by Gasteiger charge is -2.15. The van der Waals surface area contributed by atoms with Crippen LogP contribution in [0.5, 0.6) is 0 Å². The minimum atomic E-state index is 0.314. The number of carbonyl (C=O) groups is 1. The highest BCUT2D eigenvalue weighted by atomic mass is 16.1. The maximum Gasteiger partial charge on any atom is 0.162 e. The second-order valence-electron chi connectivity index (χ2n) is 6.83. The van der Waals surface area contributed by atoms with Crippen molar-refractivity contribution < 1.29 is 4.79 Å². The summed E-state index contributed by atoms with van der Waals surface area (Å²) in [6.07, 6.45) is 9.33. The molecule has 0 aromatic heterocycles. The van der Waals surface area contributed by atoms with Gasteiger partial charge in [-0.3, -0.25) is 4.79 Å². The highest BCUT2D eigenvalue weighted by Gasteiger charge is 2.36. The second-order valence-corrected chi connectivity index (χ2v) is 6.83. The first-order valence-corrected chi connectivity index (χ1v) is 8.55. The Morgan fingerprint density at radius 3 is 2.50 bits per heavy atom. The molecule has 2 aliphatic carbocycles. The standard InChI is InChI=1S/C21H22O/c22-21-19(11-12-20(21)17-6-2-3-7-17)14-15-9-10-16-5-1-4-8-18(16)13-15/h1,4-5,8-10,13-14,17,20H,2-3,6-7,11-12H2. The number of ketones is 1. The number of carbonyl (C=O) groups excluding carboxylic acids is 1. The van der Waals surface area contributed by atoms with E-state index < -0.39 is 0 Å². The fraction of sp³-hybridized carbons (Fsp3) is 0.381. The van der Waals surface area contributed by atoms with E-state index in [1.54, 1.807) is 0 Å². The number of Topliss-reactive ketones (excluding diaryl/α,β-unsaturated/α-hetero) is 1. The van der Waals surface area contributed by atoms with Crippen LogP contribution < -0.4 is 0 Å². The van der Waals surface area contributed by atoms with E-state index in [0.717, 1.165) is 24.0 Å². The van der Waals surface area contributed by atoms with Gasteiger partial charge in [0.25, 0.3) is 0 Å². The molecule has 0 spiro atoms. The smallest absolute Gasteiger partial charge is 0.162 e. The summed E-state index contributed by atoms with van der Waals surface area (Å²) >= 11 is 0. The van der Waals surface area contributed by atoms with E-state index in [1.807, 2.05) is 0 Å². The Hall–Kier alpha value is -1.89. The fourth-order valence-electron chi connectivity index (χ4n) is 4.26. The second kappa shape index (κ2) is 5.72. The van der Waals surface area contributed by atoms with Crippen molar-refractivity contribution in [2.75, 3.05) is 0 Å². The first-order chi connectivity index (χ1) is 10.8. The van der Waals surface area contributed by atoms with Gasteiger partial charge in [-0.2, -0.15) is 0 Å². The van der Waals surface area contributed by atoms with Crippen molar-refractivity contribution in [2.24, 2.45) is 11.8 Å². The van der Waals surface area contributed by atoms with Gasteiger partial charge in [-0.05, 0) is 65.7 Å². The Morgan fingerprint density at radius 2 is 1.68 bits per heavy atom. The Labute approximate surface area is 132 Å². The van der Waals surface area contributed by atoms with E-state index in [-0.39, 0.29) is 0 Å². The first kappa shape index (κ1) is 13.8. The van der Waals surface area contributed by atoms with Crippen LogP contribution in [0.2, 0.25) is 0 Å². The third-order valence-corrected chi connectivity index (χ3v) is 5.46. The van der Waals surface area contributed by atoms with Gasteiger partial charge in [0.1, 0.15) is 0 Å². The topological polar surface area (TPSA) is 17.1 Å². The summed E-state index contributed by atoms with van der Waals surface area (Å²) in [6, 6.07) is 14.9. The van der Waals surface area contributed by atoms with Crippen LogP contribution in [0.15, 0.2) is 48.0 Å². The van der Waals surface area contributed by atoms with Crippen molar-refractivity contribution >= 4 is 22.6 Å².